The molecule has 2 heteroatoms. The van der Waals surface area contributed by atoms with Crippen LogP contribution in [-0.4, -0.2) is 30.7 Å². The van der Waals surface area contributed by atoms with Crippen molar-refractivity contribution in [2.24, 2.45) is 0 Å². The van der Waals surface area contributed by atoms with E-state index in [1.54, 1.807) is 0 Å². The van der Waals surface area contributed by atoms with E-state index in [0.29, 0.717) is 0 Å². The lowest BCUT2D eigenvalue weighted by molar-refractivity contribution is -0.925. The molecule has 0 saturated heterocycles. The zero-order valence-electron chi connectivity index (χ0n) is 14.9. The highest BCUT2D eigenvalue weighted by Crippen LogP contribution is 2.15. The van der Waals surface area contributed by atoms with Gasteiger partial charge >= 0.3 is 0 Å². The summed E-state index contributed by atoms with van der Waals surface area (Å²) < 4.78 is 1.31. The highest BCUT2D eigenvalue weighted by atomic mass is 35.5. The number of hydrogen-bond acceptors (Lipinski definition) is 0. The fourth-order valence-corrected chi connectivity index (χ4v) is 3.40. The minimum atomic E-state index is 0.837. The van der Waals surface area contributed by atoms with E-state index in [1.807, 2.05) is 12.1 Å². The third-order valence-electron chi connectivity index (χ3n) is 5.09. The van der Waals surface area contributed by atoms with Crippen molar-refractivity contribution < 1.29 is 4.48 Å². The third kappa shape index (κ3) is 7.15. The summed E-state index contributed by atoms with van der Waals surface area (Å²) in [6.45, 7) is 12.3. The van der Waals surface area contributed by atoms with Gasteiger partial charge in [0.05, 0.1) is 26.2 Å². The van der Waals surface area contributed by atoms with E-state index in [2.05, 4.69) is 32.9 Å². The van der Waals surface area contributed by atoms with Gasteiger partial charge in [0.2, 0.25) is 0 Å². The average molecular weight is 325 g/mol. The molecule has 0 aromatic heterocycles. The van der Waals surface area contributed by atoms with Crippen molar-refractivity contribution in [3.8, 4) is 0 Å². The molecule has 0 radical (unpaired) electrons. The summed E-state index contributed by atoms with van der Waals surface area (Å²) in [5.41, 5.74) is 1.42. The van der Waals surface area contributed by atoms with Crippen LogP contribution in [0.5, 0.6) is 0 Å². The molecule has 1 nitrogen and oxygen atoms in total. The molecule has 0 aliphatic carbocycles. The van der Waals surface area contributed by atoms with Crippen molar-refractivity contribution in [2.75, 3.05) is 26.2 Å². The van der Waals surface area contributed by atoms with Crippen LogP contribution in [0.4, 0.5) is 0 Å². The van der Waals surface area contributed by atoms with Gasteiger partial charge in [0.25, 0.3) is 0 Å². The van der Waals surface area contributed by atoms with Crippen LogP contribution >= 0.6 is 11.6 Å². The first-order chi connectivity index (χ1) is 10.7. The smallest absolute Gasteiger partial charge is 0.0786 e. The molecule has 1 aromatic rings. The molecule has 0 fully saturated rings. The van der Waals surface area contributed by atoms with Gasteiger partial charge in [-0.1, -0.05) is 43.5 Å². The average Bonchev–Trinajstić information content (AvgIpc) is 2.55. The molecule has 0 aliphatic heterocycles. The maximum absolute atomic E-state index is 5.94. The van der Waals surface area contributed by atoms with Crippen LogP contribution in [0.25, 0.3) is 0 Å². The van der Waals surface area contributed by atoms with Gasteiger partial charge in [-0.2, -0.15) is 0 Å². The van der Waals surface area contributed by atoms with Gasteiger partial charge < -0.3 is 4.48 Å². The minimum Gasteiger partial charge on any atom is -0.324 e. The molecule has 0 spiro atoms. The van der Waals surface area contributed by atoms with Gasteiger partial charge in [0.15, 0.2) is 0 Å². The van der Waals surface area contributed by atoms with Crippen LogP contribution in [0.15, 0.2) is 24.3 Å². The van der Waals surface area contributed by atoms with Crippen LogP contribution in [0, 0.1) is 0 Å². The van der Waals surface area contributed by atoms with E-state index in [-0.39, 0.29) is 0 Å². The van der Waals surface area contributed by atoms with E-state index in [0.717, 1.165) is 5.02 Å². The van der Waals surface area contributed by atoms with E-state index < -0.39 is 0 Å². The number of quaternary nitrogens is 1. The standard InChI is InChI=1S/C20H35ClN/c1-4-7-8-10-17-22(5-2,6-3)18-11-9-12-19-13-15-20(21)16-14-19/h13-16H,4-12,17-18H2,1-3H3/q+1. The number of hydrogen-bond donors (Lipinski definition) is 0. The lowest BCUT2D eigenvalue weighted by atomic mass is 10.1. The van der Waals surface area contributed by atoms with Gasteiger partial charge in [-0.15, -0.1) is 0 Å². The Bertz CT molecular complexity index is 381. The molecular weight excluding hydrogens is 290 g/mol. The molecule has 22 heavy (non-hydrogen) atoms. The molecule has 1 aromatic carbocycles. The van der Waals surface area contributed by atoms with E-state index in [4.69, 9.17) is 11.6 Å². The molecule has 126 valence electrons. The highest BCUT2D eigenvalue weighted by Gasteiger charge is 2.21. The van der Waals surface area contributed by atoms with Gasteiger partial charge in [-0.25, -0.2) is 0 Å². The maximum atomic E-state index is 5.94. The molecule has 0 N–H and O–H groups in total. The van der Waals surface area contributed by atoms with Crippen LogP contribution in [-0.2, 0) is 6.42 Å². The second-order valence-corrected chi connectivity index (χ2v) is 7.00. The fraction of sp³-hybridized carbons (Fsp3) is 0.700. The number of nitrogens with zero attached hydrogens (tertiary/aromatic N) is 1. The van der Waals surface area contributed by atoms with Gasteiger partial charge in [-0.05, 0) is 63.6 Å². The van der Waals surface area contributed by atoms with Crippen LogP contribution < -0.4 is 0 Å². The van der Waals surface area contributed by atoms with Crippen molar-refractivity contribution in [3.63, 3.8) is 0 Å². The summed E-state index contributed by atoms with van der Waals surface area (Å²) in [6, 6.07) is 8.33. The SMILES string of the molecule is CCCCCC[N+](CC)(CC)CCCCc1ccc(Cl)cc1. The molecule has 0 unspecified atom stereocenters. The largest absolute Gasteiger partial charge is 0.324 e. The Labute approximate surface area is 143 Å². The Morgan fingerprint density at radius 1 is 0.773 bits per heavy atom. The second kappa shape index (κ2) is 11.1. The molecule has 0 amide bonds. The molecule has 0 heterocycles. The van der Waals surface area contributed by atoms with Crippen molar-refractivity contribution in [1.29, 1.82) is 0 Å². The number of benzene rings is 1. The summed E-state index contributed by atoms with van der Waals surface area (Å²) in [6.07, 6.45) is 9.33. The predicted molar refractivity (Wildman–Crippen MR) is 99.6 cm³/mol. The zero-order chi connectivity index (χ0) is 16.3. The minimum absolute atomic E-state index is 0.837. The first-order valence-electron chi connectivity index (χ1n) is 9.25. The molecule has 0 atom stereocenters. The number of halogens is 1. The Kier molecular flexibility index (Phi) is 9.82. The Hall–Kier alpha value is -0.530. The van der Waals surface area contributed by atoms with Crippen LogP contribution in [0.2, 0.25) is 5.02 Å². The number of unbranched alkanes of at least 4 members (excludes halogenated alkanes) is 4. The maximum Gasteiger partial charge on any atom is 0.0786 e. The predicted octanol–water partition coefficient (Wildman–Crippen LogP) is 6.10. The Morgan fingerprint density at radius 3 is 1.91 bits per heavy atom. The summed E-state index contributed by atoms with van der Waals surface area (Å²) in [5, 5.41) is 0.837. The Morgan fingerprint density at radius 2 is 1.36 bits per heavy atom. The summed E-state index contributed by atoms with van der Waals surface area (Å²) in [5.74, 6) is 0. The molecule has 0 aliphatic rings. The molecule has 0 bridgehead atoms. The summed E-state index contributed by atoms with van der Waals surface area (Å²) in [7, 11) is 0. The fourth-order valence-electron chi connectivity index (χ4n) is 3.27. The van der Waals surface area contributed by atoms with Gasteiger partial charge in [0, 0.05) is 5.02 Å². The molecular formula is C20H35ClN+. The normalized spacial score (nSPS) is 11.8. The highest BCUT2D eigenvalue weighted by molar-refractivity contribution is 6.30. The van der Waals surface area contributed by atoms with Crippen molar-refractivity contribution in [2.45, 2.75) is 65.7 Å². The third-order valence-corrected chi connectivity index (χ3v) is 5.34. The number of rotatable bonds is 12. The van der Waals surface area contributed by atoms with E-state index in [1.165, 1.54) is 81.2 Å². The second-order valence-electron chi connectivity index (χ2n) is 6.57. The topological polar surface area (TPSA) is 0 Å². The molecule has 1 rings (SSSR count). The van der Waals surface area contributed by atoms with Crippen molar-refractivity contribution in [1.82, 2.24) is 0 Å². The van der Waals surface area contributed by atoms with Crippen molar-refractivity contribution >= 4 is 11.6 Å². The molecule has 0 saturated carbocycles. The van der Waals surface area contributed by atoms with Gasteiger partial charge in [0.1, 0.15) is 0 Å². The van der Waals surface area contributed by atoms with Crippen molar-refractivity contribution in [3.05, 3.63) is 34.9 Å². The quantitative estimate of drug-likeness (QED) is 0.322. The Balaban J connectivity index is 2.32. The first kappa shape index (κ1) is 19.5. The van der Waals surface area contributed by atoms with E-state index in [9.17, 15) is 0 Å². The summed E-state index contributed by atoms with van der Waals surface area (Å²) in [4.78, 5) is 0. The van der Waals surface area contributed by atoms with Crippen LogP contribution in [0.1, 0.15) is 64.9 Å². The van der Waals surface area contributed by atoms with Gasteiger partial charge in [-0.3, -0.25) is 0 Å². The lowest BCUT2D eigenvalue weighted by Gasteiger charge is -2.37. The number of aryl methyl sites for hydroxylation is 1. The van der Waals surface area contributed by atoms with Crippen LogP contribution in [0.3, 0.4) is 0 Å². The monoisotopic (exact) mass is 324 g/mol. The zero-order valence-corrected chi connectivity index (χ0v) is 15.7. The first-order valence-corrected chi connectivity index (χ1v) is 9.63. The van der Waals surface area contributed by atoms with E-state index >= 15 is 0 Å². The lowest BCUT2D eigenvalue weighted by Crippen LogP contribution is -2.49. The summed E-state index contributed by atoms with van der Waals surface area (Å²) >= 11 is 5.94.